The van der Waals surface area contributed by atoms with E-state index in [4.69, 9.17) is 9.15 Å². The van der Waals surface area contributed by atoms with Crippen LogP contribution in [0.15, 0.2) is 22.6 Å². The average molecular weight is 260 g/mol. The number of furan rings is 1. The van der Waals surface area contributed by atoms with Gasteiger partial charge in [0.05, 0.1) is 7.11 Å². The number of aliphatic hydroxyl groups is 1. The van der Waals surface area contributed by atoms with Crippen molar-refractivity contribution < 1.29 is 14.3 Å². The van der Waals surface area contributed by atoms with Gasteiger partial charge >= 0.3 is 0 Å². The third-order valence-electron chi connectivity index (χ3n) is 3.58. The predicted octanol–water partition coefficient (Wildman–Crippen LogP) is 3.60. The number of benzene rings is 1. The van der Waals surface area contributed by atoms with Crippen LogP contribution in [0.25, 0.3) is 0 Å². The maximum absolute atomic E-state index is 10.6. The topological polar surface area (TPSA) is 42.6 Å². The predicted molar refractivity (Wildman–Crippen MR) is 74.7 cm³/mol. The molecule has 0 saturated heterocycles. The minimum absolute atomic E-state index is 0.730. The average Bonchev–Trinajstić information content (AvgIpc) is 2.71. The molecule has 0 amide bonds. The number of hydrogen-bond donors (Lipinski definition) is 1. The number of hydrogen-bond acceptors (Lipinski definition) is 3. The van der Waals surface area contributed by atoms with Crippen LogP contribution in [0.2, 0.25) is 0 Å². The smallest absolute Gasteiger partial charge is 0.128 e. The highest BCUT2D eigenvalue weighted by molar-refractivity contribution is 5.49. The summed E-state index contributed by atoms with van der Waals surface area (Å²) in [4.78, 5) is 0. The lowest BCUT2D eigenvalue weighted by atomic mass is 9.96. The molecule has 0 radical (unpaired) electrons. The molecule has 1 aromatic heterocycles. The molecule has 2 rings (SSSR count). The van der Waals surface area contributed by atoms with Crippen LogP contribution in [0, 0.1) is 27.7 Å². The van der Waals surface area contributed by atoms with Gasteiger partial charge in [-0.2, -0.15) is 0 Å². The third-order valence-corrected chi connectivity index (χ3v) is 3.58. The molecule has 0 aliphatic rings. The Bertz CT molecular complexity index is 596. The molecule has 1 aromatic carbocycles. The summed E-state index contributed by atoms with van der Waals surface area (Å²) >= 11 is 0. The molecule has 102 valence electrons. The number of methoxy groups -OCH3 is 1. The standard InChI is InChI=1S/C16H20O3/c1-9-6-7-13(16(18-5)11(9)3)15(17)14-8-10(2)19-12(14)4/h6-8,15,17H,1-5H3. The van der Waals surface area contributed by atoms with Crippen LogP contribution in [-0.2, 0) is 0 Å². The minimum Gasteiger partial charge on any atom is -0.496 e. The van der Waals surface area contributed by atoms with Crippen molar-refractivity contribution in [2.24, 2.45) is 0 Å². The molecule has 0 saturated carbocycles. The number of aryl methyl sites for hydroxylation is 3. The van der Waals surface area contributed by atoms with E-state index in [1.165, 1.54) is 0 Å². The maximum Gasteiger partial charge on any atom is 0.128 e. The molecule has 0 aliphatic carbocycles. The molecule has 1 atom stereocenters. The zero-order valence-corrected chi connectivity index (χ0v) is 12.1. The van der Waals surface area contributed by atoms with Crippen molar-refractivity contribution in [2.75, 3.05) is 7.11 Å². The van der Waals surface area contributed by atoms with Crippen molar-refractivity contribution >= 4 is 0 Å². The number of rotatable bonds is 3. The summed E-state index contributed by atoms with van der Waals surface area (Å²) in [6.07, 6.45) is -0.730. The summed E-state index contributed by atoms with van der Waals surface area (Å²) in [5, 5.41) is 10.6. The molecule has 1 heterocycles. The van der Waals surface area contributed by atoms with E-state index in [2.05, 4.69) is 0 Å². The molecule has 0 bridgehead atoms. The second-order valence-electron chi connectivity index (χ2n) is 4.90. The van der Waals surface area contributed by atoms with Crippen molar-refractivity contribution in [3.63, 3.8) is 0 Å². The summed E-state index contributed by atoms with van der Waals surface area (Å²) in [5.74, 6) is 2.28. The normalized spacial score (nSPS) is 12.5. The van der Waals surface area contributed by atoms with E-state index >= 15 is 0 Å². The van der Waals surface area contributed by atoms with Crippen LogP contribution >= 0.6 is 0 Å². The molecular formula is C16H20O3. The molecule has 2 aromatic rings. The van der Waals surface area contributed by atoms with E-state index in [0.29, 0.717) is 0 Å². The Balaban J connectivity index is 2.53. The largest absolute Gasteiger partial charge is 0.496 e. The first-order chi connectivity index (χ1) is 8.95. The summed E-state index contributed by atoms with van der Waals surface area (Å²) in [6, 6.07) is 5.78. The Morgan fingerprint density at radius 1 is 1.11 bits per heavy atom. The van der Waals surface area contributed by atoms with Gasteiger partial charge in [-0.3, -0.25) is 0 Å². The molecular weight excluding hydrogens is 240 g/mol. The Labute approximate surface area is 113 Å². The summed E-state index contributed by atoms with van der Waals surface area (Å²) in [7, 11) is 1.63. The number of ether oxygens (including phenoxy) is 1. The van der Waals surface area contributed by atoms with Crippen molar-refractivity contribution in [3.8, 4) is 5.75 Å². The summed E-state index contributed by atoms with van der Waals surface area (Å²) in [6.45, 7) is 7.76. The van der Waals surface area contributed by atoms with Gasteiger partial charge in [0.2, 0.25) is 0 Å². The van der Waals surface area contributed by atoms with Gasteiger partial charge in [0.25, 0.3) is 0 Å². The van der Waals surface area contributed by atoms with Gasteiger partial charge in [0.15, 0.2) is 0 Å². The first-order valence-electron chi connectivity index (χ1n) is 6.34. The van der Waals surface area contributed by atoms with Crippen LogP contribution in [0.1, 0.15) is 39.9 Å². The fourth-order valence-corrected chi connectivity index (χ4v) is 2.39. The van der Waals surface area contributed by atoms with Gasteiger partial charge in [0.1, 0.15) is 23.4 Å². The van der Waals surface area contributed by atoms with Gasteiger partial charge in [0, 0.05) is 11.1 Å². The fourth-order valence-electron chi connectivity index (χ4n) is 2.39. The molecule has 0 aliphatic heterocycles. The molecule has 19 heavy (non-hydrogen) atoms. The van der Waals surface area contributed by atoms with Crippen molar-refractivity contribution in [2.45, 2.75) is 33.8 Å². The van der Waals surface area contributed by atoms with Gasteiger partial charge in [-0.25, -0.2) is 0 Å². The lowest BCUT2D eigenvalue weighted by Crippen LogP contribution is -2.04. The highest BCUT2D eigenvalue weighted by Crippen LogP contribution is 2.35. The van der Waals surface area contributed by atoms with Crippen LogP contribution < -0.4 is 4.74 Å². The van der Waals surface area contributed by atoms with Crippen molar-refractivity contribution in [1.29, 1.82) is 0 Å². The highest BCUT2D eigenvalue weighted by atomic mass is 16.5. The molecule has 1 N–H and O–H groups in total. The van der Waals surface area contributed by atoms with E-state index in [-0.39, 0.29) is 0 Å². The van der Waals surface area contributed by atoms with Crippen LogP contribution in [-0.4, -0.2) is 12.2 Å². The van der Waals surface area contributed by atoms with E-state index in [9.17, 15) is 5.11 Å². The van der Waals surface area contributed by atoms with E-state index < -0.39 is 6.10 Å². The van der Waals surface area contributed by atoms with Crippen molar-refractivity contribution in [3.05, 3.63) is 52.0 Å². The van der Waals surface area contributed by atoms with Crippen molar-refractivity contribution in [1.82, 2.24) is 0 Å². The lowest BCUT2D eigenvalue weighted by Gasteiger charge is -2.17. The summed E-state index contributed by atoms with van der Waals surface area (Å²) in [5.41, 5.74) is 3.76. The molecule has 1 unspecified atom stereocenters. The Morgan fingerprint density at radius 3 is 2.32 bits per heavy atom. The van der Waals surface area contributed by atoms with E-state index in [1.807, 2.05) is 45.9 Å². The Morgan fingerprint density at radius 2 is 1.79 bits per heavy atom. The fraction of sp³-hybridized carbons (Fsp3) is 0.375. The first kappa shape index (κ1) is 13.7. The quantitative estimate of drug-likeness (QED) is 0.916. The van der Waals surface area contributed by atoms with Gasteiger partial charge < -0.3 is 14.3 Å². The number of aliphatic hydroxyl groups excluding tert-OH is 1. The van der Waals surface area contributed by atoms with Gasteiger partial charge in [-0.1, -0.05) is 12.1 Å². The van der Waals surface area contributed by atoms with E-state index in [0.717, 1.165) is 39.5 Å². The molecule has 3 nitrogen and oxygen atoms in total. The maximum atomic E-state index is 10.6. The van der Waals surface area contributed by atoms with Gasteiger partial charge in [-0.15, -0.1) is 0 Å². The monoisotopic (exact) mass is 260 g/mol. The zero-order valence-electron chi connectivity index (χ0n) is 12.1. The highest BCUT2D eigenvalue weighted by Gasteiger charge is 2.21. The van der Waals surface area contributed by atoms with Gasteiger partial charge in [-0.05, 0) is 44.9 Å². The second kappa shape index (κ2) is 5.10. The molecule has 0 spiro atoms. The van der Waals surface area contributed by atoms with Crippen LogP contribution in [0.4, 0.5) is 0 Å². The van der Waals surface area contributed by atoms with E-state index in [1.54, 1.807) is 7.11 Å². The first-order valence-corrected chi connectivity index (χ1v) is 6.34. The summed E-state index contributed by atoms with van der Waals surface area (Å²) < 4.78 is 10.9. The third kappa shape index (κ3) is 2.38. The SMILES string of the molecule is COc1c(C(O)c2cc(C)oc2C)ccc(C)c1C. The lowest BCUT2D eigenvalue weighted by molar-refractivity contribution is 0.212. The molecule has 3 heteroatoms. The minimum atomic E-state index is -0.730. The zero-order chi connectivity index (χ0) is 14.2. The van der Waals surface area contributed by atoms with Crippen LogP contribution in [0.5, 0.6) is 5.75 Å². The Hall–Kier alpha value is -1.74. The van der Waals surface area contributed by atoms with Crippen LogP contribution in [0.3, 0.4) is 0 Å². The Kier molecular flexibility index (Phi) is 3.67. The second-order valence-corrected chi connectivity index (χ2v) is 4.90. The molecule has 0 fully saturated rings.